The molecule has 0 saturated heterocycles. The fraction of sp³-hybridized carbons (Fsp3) is 0.0909. The second kappa shape index (κ2) is 9.19. The van der Waals surface area contributed by atoms with E-state index in [0.29, 0.717) is 16.8 Å². The number of carbonyl (C=O) groups is 1. The standard InChI is InChI=1S/C22H19N3O5S/c1-29-20-13-19(25-31(27,28)17-10-8-15(14-23)9-11-17)21(30-2)12-18(20)24-22(26)16-6-4-3-5-7-16/h3-13,25H,1-2H3,(H,24,26). The molecule has 0 unspecified atom stereocenters. The summed E-state index contributed by atoms with van der Waals surface area (Å²) < 4.78 is 38.6. The van der Waals surface area contributed by atoms with E-state index >= 15 is 0 Å². The lowest BCUT2D eigenvalue weighted by molar-refractivity contribution is 0.102. The maximum absolute atomic E-state index is 12.8. The first-order valence-electron chi connectivity index (χ1n) is 9.03. The smallest absolute Gasteiger partial charge is 0.262 e. The summed E-state index contributed by atoms with van der Waals surface area (Å²) in [4.78, 5) is 12.5. The van der Waals surface area contributed by atoms with Crippen LogP contribution in [-0.2, 0) is 10.0 Å². The number of rotatable bonds is 7. The van der Waals surface area contributed by atoms with Gasteiger partial charge >= 0.3 is 0 Å². The van der Waals surface area contributed by atoms with Gasteiger partial charge in [0, 0.05) is 17.7 Å². The Morgan fingerprint density at radius 3 is 2.06 bits per heavy atom. The second-order valence-corrected chi connectivity index (χ2v) is 8.00. The Bertz CT molecular complexity index is 1230. The predicted molar refractivity (Wildman–Crippen MR) is 116 cm³/mol. The van der Waals surface area contributed by atoms with E-state index in [4.69, 9.17) is 14.7 Å². The van der Waals surface area contributed by atoms with Crippen molar-refractivity contribution in [3.05, 3.63) is 77.9 Å². The molecule has 0 aromatic heterocycles. The van der Waals surface area contributed by atoms with Crippen LogP contribution >= 0.6 is 0 Å². The van der Waals surface area contributed by atoms with Crippen molar-refractivity contribution in [2.24, 2.45) is 0 Å². The third-order valence-electron chi connectivity index (χ3n) is 4.34. The lowest BCUT2D eigenvalue weighted by Crippen LogP contribution is -2.15. The first-order valence-corrected chi connectivity index (χ1v) is 10.5. The van der Waals surface area contributed by atoms with Gasteiger partial charge in [0.15, 0.2) is 0 Å². The molecule has 0 aliphatic rings. The molecule has 3 aromatic rings. The number of hydrogen-bond acceptors (Lipinski definition) is 6. The van der Waals surface area contributed by atoms with E-state index in [1.807, 2.05) is 6.07 Å². The fourth-order valence-electron chi connectivity index (χ4n) is 2.77. The number of benzene rings is 3. The minimum absolute atomic E-state index is 0.0195. The Kier molecular flexibility index (Phi) is 6.43. The summed E-state index contributed by atoms with van der Waals surface area (Å²) in [6, 6.07) is 18.9. The molecule has 0 spiro atoms. The molecule has 9 heteroatoms. The average Bonchev–Trinajstić information content (AvgIpc) is 2.80. The van der Waals surface area contributed by atoms with Gasteiger partial charge in [-0.05, 0) is 36.4 Å². The van der Waals surface area contributed by atoms with E-state index in [-0.39, 0.29) is 28.0 Å². The molecule has 0 atom stereocenters. The summed E-state index contributed by atoms with van der Waals surface area (Å²) in [6.45, 7) is 0. The van der Waals surface area contributed by atoms with Crippen LogP contribution in [-0.4, -0.2) is 28.5 Å². The number of sulfonamides is 1. The van der Waals surface area contributed by atoms with Crippen molar-refractivity contribution in [1.82, 2.24) is 0 Å². The molecule has 8 nitrogen and oxygen atoms in total. The van der Waals surface area contributed by atoms with Gasteiger partial charge in [0.25, 0.3) is 15.9 Å². The summed E-state index contributed by atoms with van der Waals surface area (Å²) in [6.07, 6.45) is 0. The Balaban J connectivity index is 1.92. The Labute approximate surface area is 180 Å². The van der Waals surface area contributed by atoms with Crippen LogP contribution < -0.4 is 19.5 Å². The maximum Gasteiger partial charge on any atom is 0.262 e. The van der Waals surface area contributed by atoms with Crippen molar-refractivity contribution in [3.8, 4) is 17.6 Å². The number of methoxy groups -OCH3 is 2. The van der Waals surface area contributed by atoms with Gasteiger partial charge in [-0.3, -0.25) is 9.52 Å². The molecule has 0 aliphatic carbocycles. The van der Waals surface area contributed by atoms with E-state index in [0.717, 1.165) is 0 Å². The van der Waals surface area contributed by atoms with Crippen molar-refractivity contribution in [2.45, 2.75) is 4.90 Å². The quantitative estimate of drug-likeness (QED) is 0.583. The SMILES string of the molecule is COc1cc(NS(=O)(=O)c2ccc(C#N)cc2)c(OC)cc1NC(=O)c1ccccc1. The van der Waals surface area contributed by atoms with E-state index in [1.165, 1.54) is 50.6 Å². The molecule has 3 aromatic carbocycles. The molecule has 3 rings (SSSR count). The zero-order chi connectivity index (χ0) is 22.4. The zero-order valence-electron chi connectivity index (χ0n) is 16.7. The van der Waals surface area contributed by atoms with Crippen LogP contribution in [0.15, 0.2) is 71.6 Å². The van der Waals surface area contributed by atoms with E-state index < -0.39 is 10.0 Å². The number of anilines is 2. The van der Waals surface area contributed by atoms with Crippen molar-refractivity contribution >= 4 is 27.3 Å². The molecule has 2 N–H and O–H groups in total. The van der Waals surface area contributed by atoms with Crippen LogP contribution in [0.1, 0.15) is 15.9 Å². The highest BCUT2D eigenvalue weighted by atomic mass is 32.2. The van der Waals surface area contributed by atoms with Crippen LogP contribution in [0.5, 0.6) is 11.5 Å². The minimum atomic E-state index is -3.96. The molecule has 158 valence electrons. The average molecular weight is 437 g/mol. The largest absolute Gasteiger partial charge is 0.494 e. The van der Waals surface area contributed by atoms with Gasteiger partial charge in [-0.15, -0.1) is 0 Å². The molecule has 31 heavy (non-hydrogen) atoms. The molecule has 0 saturated carbocycles. The molecule has 0 fully saturated rings. The van der Waals surface area contributed by atoms with E-state index in [9.17, 15) is 13.2 Å². The highest BCUT2D eigenvalue weighted by Gasteiger charge is 2.20. The molecule has 0 aliphatic heterocycles. The summed E-state index contributed by atoms with van der Waals surface area (Å²) in [5.41, 5.74) is 1.24. The summed E-state index contributed by atoms with van der Waals surface area (Å²) >= 11 is 0. The van der Waals surface area contributed by atoms with Crippen LogP contribution in [0.4, 0.5) is 11.4 Å². The first kappa shape index (κ1) is 21.7. The van der Waals surface area contributed by atoms with E-state index in [1.54, 1.807) is 30.3 Å². The first-order chi connectivity index (χ1) is 14.9. The number of hydrogen-bond donors (Lipinski definition) is 2. The van der Waals surface area contributed by atoms with Crippen LogP contribution in [0, 0.1) is 11.3 Å². The van der Waals surface area contributed by atoms with Gasteiger partial charge in [0.1, 0.15) is 11.5 Å². The van der Waals surface area contributed by atoms with Gasteiger partial charge in [-0.1, -0.05) is 18.2 Å². The maximum atomic E-state index is 12.8. The number of amides is 1. The minimum Gasteiger partial charge on any atom is -0.494 e. The summed E-state index contributed by atoms with van der Waals surface area (Å²) in [5, 5.41) is 11.6. The van der Waals surface area contributed by atoms with Gasteiger partial charge in [0.2, 0.25) is 0 Å². The van der Waals surface area contributed by atoms with Gasteiger partial charge in [-0.2, -0.15) is 5.26 Å². The van der Waals surface area contributed by atoms with Gasteiger partial charge < -0.3 is 14.8 Å². The Hall–Kier alpha value is -4.03. The number of nitrogens with zero attached hydrogens (tertiary/aromatic N) is 1. The van der Waals surface area contributed by atoms with Gasteiger partial charge in [0.05, 0.1) is 42.1 Å². The Morgan fingerprint density at radius 1 is 0.903 bits per heavy atom. The molecular weight excluding hydrogens is 418 g/mol. The van der Waals surface area contributed by atoms with Crippen LogP contribution in [0.3, 0.4) is 0 Å². The molecule has 1 amide bonds. The second-order valence-electron chi connectivity index (χ2n) is 6.31. The molecular formula is C22H19N3O5S. The highest BCUT2D eigenvalue weighted by molar-refractivity contribution is 7.92. The van der Waals surface area contributed by atoms with Crippen molar-refractivity contribution < 1.29 is 22.7 Å². The highest BCUT2D eigenvalue weighted by Crippen LogP contribution is 2.37. The van der Waals surface area contributed by atoms with Gasteiger partial charge in [-0.25, -0.2) is 8.42 Å². The number of nitrogens with one attached hydrogen (secondary N) is 2. The number of carbonyl (C=O) groups excluding carboxylic acids is 1. The number of ether oxygens (including phenoxy) is 2. The lowest BCUT2D eigenvalue weighted by Gasteiger charge is -2.17. The van der Waals surface area contributed by atoms with Crippen molar-refractivity contribution in [1.29, 1.82) is 5.26 Å². The molecule has 0 bridgehead atoms. The predicted octanol–water partition coefficient (Wildman–Crippen LogP) is 3.63. The van der Waals surface area contributed by atoms with E-state index in [2.05, 4.69) is 10.0 Å². The van der Waals surface area contributed by atoms with Crippen molar-refractivity contribution in [2.75, 3.05) is 24.3 Å². The normalized spacial score (nSPS) is 10.6. The monoisotopic (exact) mass is 437 g/mol. The summed E-state index contributed by atoms with van der Waals surface area (Å²) in [5.74, 6) is 0.0656. The molecule has 0 radical (unpaired) electrons. The molecule has 0 heterocycles. The third-order valence-corrected chi connectivity index (χ3v) is 5.73. The number of nitriles is 1. The third kappa shape index (κ3) is 4.94. The van der Waals surface area contributed by atoms with Crippen LogP contribution in [0.2, 0.25) is 0 Å². The van der Waals surface area contributed by atoms with Crippen LogP contribution in [0.25, 0.3) is 0 Å². The fourth-order valence-corrected chi connectivity index (χ4v) is 3.83. The lowest BCUT2D eigenvalue weighted by atomic mass is 10.2. The Morgan fingerprint density at radius 2 is 1.48 bits per heavy atom. The zero-order valence-corrected chi connectivity index (χ0v) is 17.6. The van der Waals surface area contributed by atoms with Crippen molar-refractivity contribution in [3.63, 3.8) is 0 Å². The topological polar surface area (TPSA) is 118 Å². The summed E-state index contributed by atoms with van der Waals surface area (Å²) in [7, 11) is -1.18.